The van der Waals surface area contributed by atoms with E-state index in [1.807, 2.05) is 24.3 Å². The second-order valence-corrected chi connectivity index (χ2v) is 11.4. The molecule has 0 bridgehead atoms. The first-order chi connectivity index (χ1) is 16.0. The van der Waals surface area contributed by atoms with E-state index in [1.165, 1.54) is 25.7 Å². The Hall–Kier alpha value is -2.36. The number of rotatable bonds is 1. The fraction of sp³-hybridized carbons (Fsp3) is 0.586. The number of carbonyl (C=O) groups excluding carboxylic acids is 2. The standard InChI is InChI=1S/C29H34O4/c30-20-15-28(11-5-1-6-12-28)16-21(31)26(20)25-19-9-3-4-10-23(19)33-24-18-29(13-7-2-8-14-29)17-22(32)27(24)25/h3-4,9-10,25,30H,1-2,5-8,11-18H2. The molecular weight excluding hydrogens is 412 g/mol. The van der Waals surface area contributed by atoms with Gasteiger partial charge in [-0.15, -0.1) is 0 Å². The first-order valence-electron chi connectivity index (χ1n) is 13.0. The lowest BCUT2D eigenvalue weighted by Gasteiger charge is -2.45. The van der Waals surface area contributed by atoms with Crippen LogP contribution in [0.1, 0.15) is 101 Å². The van der Waals surface area contributed by atoms with Gasteiger partial charge in [-0.1, -0.05) is 56.7 Å². The molecule has 1 aliphatic heterocycles. The van der Waals surface area contributed by atoms with Crippen molar-refractivity contribution in [3.05, 3.63) is 52.5 Å². The number of hydrogen-bond donors (Lipinski definition) is 1. The summed E-state index contributed by atoms with van der Waals surface area (Å²) in [5, 5.41) is 11.3. The van der Waals surface area contributed by atoms with Crippen molar-refractivity contribution in [3.8, 4) is 5.75 Å². The zero-order valence-corrected chi connectivity index (χ0v) is 19.5. The maximum absolute atomic E-state index is 13.7. The zero-order valence-electron chi connectivity index (χ0n) is 19.5. The fourth-order valence-corrected chi connectivity index (χ4v) is 7.65. The molecule has 2 spiro atoms. The predicted molar refractivity (Wildman–Crippen MR) is 126 cm³/mol. The number of Topliss-reactive ketones (excluding diaryl/α,β-unsaturated/α-hetero) is 2. The number of allylic oxidation sites excluding steroid dienone is 4. The molecule has 1 heterocycles. The van der Waals surface area contributed by atoms with Gasteiger partial charge < -0.3 is 9.84 Å². The summed E-state index contributed by atoms with van der Waals surface area (Å²) in [5.74, 6) is 1.35. The Kier molecular flexibility index (Phi) is 5.04. The Morgan fingerprint density at radius 2 is 1.30 bits per heavy atom. The lowest BCUT2D eigenvalue weighted by Crippen LogP contribution is -2.40. The Morgan fingerprint density at radius 1 is 0.727 bits per heavy atom. The minimum atomic E-state index is -0.494. The van der Waals surface area contributed by atoms with E-state index >= 15 is 0 Å². The summed E-state index contributed by atoms with van der Waals surface area (Å²) in [5.41, 5.74) is 1.86. The molecule has 1 aromatic carbocycles. The molecule has 6 rings (SSSR count). The van der Waals surface area contributed by atoms with Gasteiger partial charge in [0.2, 0.25) is 0 Å². The molecule has 33 heavy (non-hydrogen) atoms. The van der Waals surface area contributed by atoms with Crippen LogP contribution in [0.25, 0.3) is 0 Å². The predicted octanol–water partition coefficient (Wildman–Crippen LogP) is 6.86. The highest BCUT2D eigenvalue weighted by Gasteiger charge is 2.50. The summed E-state index contributed by atoms with van der Waals surface area (Å²) >= 11 is 0. The molecule has 2 saturated carbocycles. The summed E-state index contributed by atoms with van der Waals surface area (Å²) < 4.78 is 6.38. The van der Waals surface area contributed by atoms with E-state index in [9.17, 15) is 14.7 Å². The van der Waals surface area contributed by atoms with Crippen LogP contribution in [0.2, 0.25) is 0 Å². The van der Waals surface area contributed by atoms with Crippen LogP contribution in [0.15, 0.2) is 46.9 Å². The minimum Gasteiger partial charge on any atom is -0.512 e. The van der Waals surface area contributed by atoms with Gasteiger partial charge in [0.25, 0.3) is 0 Å². The van der Waals surface area contributed by atoms with Crippen molar-refractivity contribution in [3.63, 3.8) is 0 Å². The monoisotopic (exact) mass is 446 g/mol. The maximum atomic E-state index is 13.7. The molecule has 174 valence electrons. The van der Waals surface area contributed by atoms with Crippen LogP contribution in [-0.2, 0) is 9.59 Å². The number of ether oxygens (including phenoxy) is 1. The first-order valence-corrected chi connectivity index (χ1v) is 13.0. The SMILES string of the molecule is O=C1CC2(CCCCC2)CC(O)=C1C1C2=C(CC3(CCCCC3)CC2=O)Oc2ccccc21. The summed E-state index contributed by atoms with van der Waals surface area (Å²) in [6, 6.07) is 7.77. The lowest BCUT2D eigenvalue weighted by atomic mass is 9.60. The van der Waals surface area contributed by atoms with Gasteiger partial charge >= 0.3 is 0 Å². The quantitative estimate of drug-likeness (QED) is 0.512. The molecule has 1 N–H and O–H groups in total. The van der Waals surface area contributed by atoms with Crippen molar-refractivity contribution < 1.29 is 19.4 Å². The Labute approximate surface area is 196 Å². The van der Waals surface area contributed by atoms with Crippen LogP contribution in [0.4, 0.5) is 0 Å². The van der Waals surface area contributed by atoms with E-state index in [-0.39, 0.29) is 28.2 Å². The van der Waals surface area contributed by atoms with Crippen LogP contribution in [0.3, 0.4) is 0 Å². The van der Waals surface area contributed by atoms with Crippen molar-refractivity contribution in [2.45, 2.75) is 95.8 Å². The molecule has 1 atom stereocenters. The second kappa shape index (κ2) is 7.85. The fourth-order valence-electron chi connectivity index (χ4n) is 7.65. The molecule has 0 saturated heterocycles. The number of benzene rings is 1. The number of carbonyl (C=O) groups is 2. The third-order valence-electron chi connectivity index (χ3n) is 9.23. The van der Waals surface area contributed by atoms with Gasteiger partial charge in [-0.25, -0.2) is 0 Å². The molecule has 4 nitrogen and oxygen atoms in total. The normalized spacial score (nSPS) is 28.5. The Bertz CT molecular complexity index is 1060. The summed E-state index contributed by atoms with van der Waals surface area (Å²) in [6.45, 7) is 0. The molecule has 4 aliphatic carbocycles. The van der Waals surface area contributed by atoms with Crippen molar-refractivity contribution >= 4 is 11.6 Å². The minimum absolute atomic E-state index is 0.00412. The van der Waals surface area contributed by atoms with Crippen LogP contribution < -0.4 is 4.74 Å². The van der Waals surface area contributed by atoms with Gasteiger partial charge in [-0.05, 0) is 42.6 Å². The van der Waals surface area contributed by atoms with Crippen molar-refractivity contribution in [1.29, 1.82) is 0 Å². The largest absolute Gasteiger partial charge is 0.512 e. The van der Waals surface area contributed by atoms with Crippen molar-refractivity contribution in [2.24, 2.45) is 10.8 Å². The molecule has 1 aromatic rings. The maximum Gasteiger partial charge on any atom is 0.163 e. The van der Waals surface area contributed by atoms with Crippen molar-refractivity contribution in [2.75, 3.05) is 0 Å². The topological polar surface area (TPSA) is 63.6 Å². The molecule has 4 heteroatoms. The van der Waals surface area contributed by atoms with Crippen LogP contribution in [0, 0.1) is 10.8 Å². The number of para-hydroxylation sites is 1. The summed E-state index contributed by atoms with van der Waals surface area (Å²) in [7, 11) is 0. The molecule has 2 fully saturated rings. The summed E-state index contributed by atoms with van der Waals surface area (Å²) in [6.07, 6.45) is 13.6. The zero-order chi connectivity index (χ0) is 22.6. The van der Waals surface area contributed by atoms with E-state index in [1.54, 1.807) is 0 Å². The van der Waals surface area contributed by atoms with E-state index in [0.717, 1.165) is 62.0 Å². The van der Waals surface area contributed by atoms with Gasteiger partial charge in [0.15, 0.2) is 11.6 Å². The molecular formula is C29H34O4. The highest BCUT2D eigenvalue weighted by atomic mass is 16.5. The van der Waals surface area contributed by atoms with Crippen LogP contribution in [-0.4, -0.2) is 16.7 Å². The van der Waals surface area contributed by atoms with Crippen molar-refractivity contribution in [1.82, 2.24) is 0 Å². The molecule has 5 aliphatic rings. The first kappa shape index (κ1) is 21.2. The Balaban J connectivity index is 1.45. The number of fused-ring (bicyclic) bond motifs is 1. The molecule has 0 aromatic heterocycles. The third-order valence-corrected chi connectivity index (χ3v) is 9.23. The van der Waals surface area contributed by atoms with Crippen LogP contribution >= 0.6 is 0 Å². The van der Waals surface area contributed by atoms with Gasteiger partial charge in [0.1, 0.15) is 17.3 Å². The van der Waals surface area contributed by atoms with E-state index in [2.05, 4.69) is 0 Å². The number of ketones is 2. The highest BCUT2D eigenvalue weighted by Crippen LogP contribution is 2.57. The van der Waals surface area contributed by atoms with E-state index in [4.69, 9.17) is 4.74 Å². The lowest BCUT2D eigenvalue weighted by molar-refractivity contribution is -0.120. The third kappa shape index (κ3) is 3.48. The smallest absolute Gasteiger partial charge is 0.163 e. The van der Waals surface area contributed by atoms with E-state index < -0.39 is 5.92 Å². The van der Waals surface area contributed by atoms with Crippen LogP contribution in [0.5, 0.6) is 5.75 Å². The van der Waals surface area contributed by atoms with Gasteiger partial charge in [0.05, 0.1) is 5.92 Å². The second-order valence-electron chi connectivity index (χ2n) is 11.4. The average molecular weight is 447 g/mol. The molecule has 0 amide bonds. The van der Waals surface area contributed by atoms with Gasteiger partial charge in [-0.2, -0.15) is 0 Å². The molecule has 0 radical (unpaired) electrons. The number of aliphatic hydroxyl groups is 1. The highest BCUT2D eigenvalue weighted by molar-refractivity contribution is 6.06. The average Bonchev–Trinajstić information content (AvgIpc) is 2.79. The van der Waals surface area contributed by atoms with Gasteiger partial charge in [-0.3, -0.25) is 9.59 Å². The molecule has 1 unspecified atom stereocenters. The van der Waals surface area contributed by atoms with E-state index in [0.29, 0.717) is 30.4 Å². The number of aliphatic hydroxyl groups excluding tert-OH is 1. The number of hydrogen-bond acceptors (Lipinski definition) is 4. The van der Waals surface area contributed by atoms with Gasteiger partial charge in [0, 0.05) is 42.4 Å². The Morgan fingerprint density at radius 3 is 1.94 bits per heavy atom. The summed E-state index contributed by atoms with van der Waals surface area (Å²) in [4.78, 5) is 27.4.